The highest BCUT2D eigenvalue weighted by Gasteiger charge is 2.09. The van der Waals surface area contributed by atoms with Gasteiger partial charge in [0.05, 0.1) is 5.69 Å². The third-order valence-electron chi connectivity index (χ3n) is 2.45. The molecule has 86 valence electrons. The molecule has 0 amide bonds. The van der Waals surface area contributed by atoms with Gasteiger partial charge in [0.1, 0.15) is 5.76 Å². The second kappa shape index (κ2) is 5.27. The molecule has 2 heterocycles. The Morgan fingerprint density at radius 3 is 2.94 bits per heavy atom. The number of hydrogen-bond acceptors (Lipinski definition) is 4. The largest absolute Gasteiger partial charge is 0.446 e. The van der Waals surface area contributed by atoms with E-state index >= 15 is 0 Å². The lowest BCUT2D eigenvalue weighted by Crippen LogP contribution is -1.94. The van der Waals surface area contributed by atoms with Crippen LogP contribution >= 0.6 is 11.3 Å². The van der Waals surface area contributed by atoms with Crippen LogP contribution in [0.25, 0.3) is 0 Å². The van der Waals surface area contributed by atoms with E-state index < -0.39 is 0 Å². The normalized spacial score (nSPS) is 10.9. The Morgan fingerprint density at radius 1 is 1.38 bits per heavy atom. The highest BCUT2D eigenvalue weighted by molar-refractivity contribution is 7.09. The molecule has 0 aliphatic carbocycles. The van der Waals surface area contributed by atoms with E-state index in [1.54, 1.807) is 11.3 Å². The van der Waals surface area contributed by atoms with Crippen molar-refractivity contribution in [1.82, 2.24) is 4.98 Å². The minimum Gasteiger partial charge on any atom is -0.446 e. The van der Waals surface area contributed by atoms with Crippen molar-refractivity contribution in [3.63, 3.8) is 0 Å². The Balaban J connectivity index is 1.97. The van der Waals surface area contributed by atoms with Crippen molar-refractivity contribution in [2.75, 3.05) is 6.61 Å². The Bertz CT molecular complexity index is 434. The number of aliphatic hydroxyl groups excluding tert-OH is 1. The second-order valence-corrected chi connectivity index (χ2v) is 4.70. The fourth-order valence-corrected chi connectivity index (χ4v) is 2.33. The molecule has 2 aromatic rings. The number of hydrogen-bond donors (Lipinski definition) is 1. The number of nitrogens with zero attached hydrogens (tertiary/aromatic N) is 1. The van der Waals surface area contributed by atoms with Gasteiger partial charge in [-0.1, -0.05) is 6.07 Å². The topological polar surface area (TPSA) is 46.3 Å². The monoisotopic (exact) mass is 237 g/mol. The number of oxazole rings is 1. The van der Waals surface area contributed by atoms with Gasteiger partial charge in [0.15, 0.2) is 5.89 Å². The molecule has 0 saturated heterocycles. The summed E-state index contributed by atoms with van der Waals surface area (Å²) in [5.41, 5.74) is 0.878. The maximum atomic E-state index is 8.85. The molecule has 16 heavy (non-hydrogen) atoms. The number of rotatable bonds is 5. The van der Waals surface area contributed by atoms with E-state index in [1.165, 1.54) is 4.88 Å². The Morgan fingerprint density at radius 2 is 2.25 bits per heavy atom. The molecular formula is C12H15NO2S. The summed E-state index contributed by atoms with van der Waals surface area (Å²) in [5.74, 6) is 1.60. The van der Waals surface area contributed by atoms with Gasteiger partial charge in [-0.15, -0.1) is 11.3 Å². The van der Waals surface area contributed by atoms with Crippen LogP contribution < -0.4 is 0 Å². The highest BCUT2D eigenvalue weighted by Crippen LogP contribution is 2.15. The third kappa shape index (κ3) is 2.71. The van der Waals surface area contributed by atoms with Crippen molar-refractivity contribution < 1.29 is 9.52 Å². The molecule has 0 aromatic carbocycles. The van der Waals surface area contributed by atoms with Crippen molar-refractivity contribution in [1.29, 1.82) is 0 Å². The molecule has 4 heteroatoms. The third-order valence-corrected chi connectivity index (χ3v) is 3.39. The zero-order valence-corrected chi connectivity index (χ0v) is 10.1. The van der Waals surface area contributed by atoms with Crippen LogP contribution in [0.3, 0.4) is 0 Å². The number of aromatic nitrogens is 1. The average molecular weight is 237 g/mol. The average Bonchev–Trinajstić information content (AvgIpc) is 2.87. The quantitative estimate of drug-likeness (QED) is 0.868. The van der Waals surface area contributed by atoms with Crippen molar-refractivity contribution in [2.24, 2.45) is 0 Å². The summed E-state index contributed by atoms with van der Waals surface area (Å²) < 4.78 is 5.55. The summed E-state index contributed by atoms with van der Waals surface area (Å²) in [4.78, 5) is 5.72. The number of aryl methyl sites for hydroxylation is 3. The first kappa shape index (κ1) is 11.4. The van der Waals surface area contributed by atoms with Crippen molar-refractivity contribution in [3.05, 3.63) is 39.7 Å². The van der Waals surface area contributed by atoms with Crippen molar-refractivity contribution in [2.45, 2.75) is 26.2 Å². The maximum absolute atomic E-state index is 8.85. The SMILES string of the molecule is Cc1oc(CCc2cccs2)nc1CCO. The Hall–Kier alpha value is -1.13. The molecule has 1 N–H and O–H groups in total. The van der Waals surface area contributed by atoms with Crippen molar-refractivity contribution in [3.8, 4) is 0 Å². The first-order valence-electron chi connectivity index (χ1n) is 5.38. The summed E-state index contributed by atoms with van der Waals surface area (Å²) in [6.45, 7) is 2.02. The van der Waals surface area contributed by atoms with E-state index in [0.29, 0.717) is 6.42 Å². The predicted octanol–water partition coefficient (Wildman–Crippen LogP) is 2.36. The van der Waals surface area contributed by atoms with Gasteiger partial charge >= 0.3 is 0 Å². The number of aliphatic hydroxyl groups is 1. The highest BCUT2D eigenvalue weighted by atomic mass is 32.1. The van der Waals surface area contributed by atoms with Crippen LogP contribution in [0.2, 0.25) is 0 Å². The molecule has 0 unspecified atom stereocenters. The summed E-state index contributed by atoms with van der Waals surface area (Å²) in [6.07, 6.45) is 2.37. The van der Waals surface area contributed by atoms with Crippen LogP contribution in [0.15, 0.2) is 21.9 Å². The van der Waals surface area contributed by atoms with E-state index in [-0.39, 0.29) is 6.61 Å². The summed E-state index contributed by atoms with van der Waals surface area (Å²) >= 11 is 1.75. The molecule has 0 atom stereocenters. The van der Waals surface area contributed by atoms with Gasteiger partial charge in [-0.3, -0.25) is 0 Å². The van der Waals surface area contributed by atoms with E-state index in [1.807, 2.05) is 6.92 Å². The summed E-state index contributed by atoms with van der Waals surface area (Å²) in [7, 11) is 0. The van der Waals surface area contributed by atoms with E-state index in [0.717, 1.165) is 30.2 Å². The fourth-order valence-electron chi connectivity index (χ4n) is 1.62. The standard InChI is InChI=1S/C12H15NO2S/c1-9-11(6-7-14)13-12(15-9)5-4-10-3-2-8-16-10/h2-3,8,14H,4-7H2,1H3. The van der Waals surface area contributed by atoms with Gasteiger partial charge in [-0.05, 0) is 24.8 Å². The lowest BCUT2D eigenvalue weighted by Gasteiger charge is -1.92. The minimum absolute atomic E-state index is 0.123. The van der Waals surface area contributed by atoms with Gasteiger partial charge in [-0.25, -0.2) is 4.98 Å². The Labute approximate surface area is 98.8 Å². The molecular weight excluding hydrogens is 222 g/mol. The molecule has 0 aliphatic heterocycles. The van der Waals surface area contributed by atoms with Gasteiger partial charge < -0.3 is 9.52 Å². The van der Waals surface area contributed by atoms with E-state index in [9.17, 15) is 0 Å². The van der Waals surface area contributed by atoms with Gasteiger partial charge in [0.25, 0.3) is 0 Å². The zero-order chi connectivity index (χ0) is 11.4. The molecule has 0 radical (unpaired) electrons. The summed E-state index contributed by atoms with van der Waals surface area (Å²) in [6, 6.07) is 4.17. The Kier molecular flexibility index (Phi) is 3.74. The predicted molar refractivity (Wildman–Crippen MR) is 63.8 cm³/mol. The van der Waals surface area contributed by atoms with Crippen LogP contribution in [0.5, 0.6) is 0 Å². The molecule has 0 fully saturated rings. The van der Waals surface area contributed by atoms with Gasteiger partial charge in [0, 0.05) is 24.3 Å². The first-order valence-corrected chi connectivity index (χ1v) is 6.26. The van der Waals surface area contributed by atoms with Crippen LogP contribution in [-0.2, 0) is 19.3 Å². The molecule has 3 nitrogen and oxygen atoms in total. The maximum Gasteiger partial charge on any atom is 0.194 e. The minimum atomic E-state index is 0.123. The van der Waals surface area contributed by atoms with E-state index in [2.05, 4.69) is 22.5 Å². The first-order chi connectivity index (χ1) is 7.79. The van der Waals surface area contributed by atoms with Crippen molar-refractivity contribution >= 4 is 11.3 Å². The lowest BCUT2D eigenvalue weighted by molar-refractivity contribution is 0.297. The van der Waals surface area contributed by atoms with E-state index in [4.69, 9.17) is 9.52 Å². The summed E-state index contributed by atoms with van der Waals surface area (Å²) in [5, 5.41) is 10.9. The smallest absolute Gasteiger partial charge is 0.194 e. The lowest BCUT2D eigenvalue weighted by atomic mass is 10.2. The zero-order valence-electron chi connectivity index (χ0n) is 9.27. The second-order valence-electron chi connectivity index (χ2n) is 3.66. The molecule has 2 rings (SSSR count). The molecule has 0 spiro atoms. The molecule has 0 bridgehead atoms. The van der Waals surface area contributed by atoms with Gasteiger partial charge in [-0.2, -0.15) is 0 Å². The van der Waals surface area contributed by atoms with Crippen LogP contribution in [0, 0.1) is 6.92 Å². The molecule has 2 aromatic heterocycles. The molecule has 0 saturated carbocycles. The van der Waals surface area contributed by atoms with Crippen LogP contribution in [0.4, 0.5) is 0 Å². The van der Waals surface area contributed by atoms with Gasteiger partial charge in [0.2, 0.25) is 0 Å². The molecule has 0 aliphatic rings. The number of thiophene rings is 1. The van der Waals surface area contributed by atoms with Crippen LogP contribution in [-0.4, -0.2) is 16.7 Å². The van der Waals surface area contributed by atoms with Crippen LogP contribution in [0.1, 0.15) is 22.2 Å². The fraction of sp³-hybridized carbons (Fsp3) is 0.417.